The lowest BCUT2D eigenvalue weighted by Gasteiger charge is -1.89. The van der Waals surface area contributed by atoms with Crippen molar-refractivity contribution in [2.45, 2.75) is 0 Å². The number of thiazole rings is 1. The first kappa shape index (κ1) is 10.7. The van der Waals surface area contributed by atoms with Crippen molar-refractivity contribution >= 4 is 33.1 Å². The van der Waals surface area contributed by atoms with Crippen molar-refractivity contribution in [3.63, 3.8) is 0 Å². The number of anilines is 1. The van der Waals surface area contributed by atoms with E-state index in [1.807, 2.05) is 0 Å². The number of fused-ring (bicyclic) bond motifs is 1. The van der Waals surface area contributed by atoms with Crippen molar-refractivity contribution in [2.75, 3.05) is 5.73 Å². The van der Waals surface area contributed by atoms with E-state index in [2.05, 4.69) is 15.2 Å². The molecule has 3 N–H and O–H groups in total. The minimum absolute atomic E-state index is 0.0536. The van der Waals surface area contributed by atoms with Crippen molar-refractivity contribution in [1.82, 2.24) is 15.2 Å². The molecule has 0 fully saturated rings. The Morgan fingerprint density at radius 1 is 1.44 bits per heavy atom. The zero-order chi connectivity index (χ0) is 12.7. The second-order valence-corrected chi connectivity index (χ2v) is 4.66. The topological polar surface area (TPSA) is 111 Å². The van der Waals surface area contributed by atoms with Crippen LogP contribution in [0, 0.1) is 10.1 Å². The van der Waals surface area contributed by atoms with Gasteiger partial charge in [0.2, 0.25) is 0 Å². The van der Waals surface area contributed by atoms with Crippen LogP contribution in [0.2, 0.25) is 0 Å². The number of nitrogens with one attached hydrogen (secondary N) is 1. The molecule has 3 aromatic rings. The van der Waals surface area contributed by atoms with Gasteiger partial charge in [0.15, 0.2) is 0 Å². The van der Waals surface area contributed by atoms with Gasteiger partial charge in [-0.3, -0.25) is 15.2 Å². The van der Waals surface area contributed by atoms with Crippen LogP contribution >= 0.6 is 11.3 Å². The first-order chi connectivity index (χ1) is 8.65. The molecule has 0 saturated heterocycles. The van der Waals surface area contributed by atoms with Gasteiger partial charge in [0.05, 0.1) is 26.9 Å². The van der Waals surface area contributed by atoms with Crippen LogP contribution in [0.3, 0.4) is 0 Å². The Balaban J connectivity index is 2.17. The number of nitrogens with zero attached hydrogens (tertiary/aromatic N) is 3. The number of H-pyrrole nitrogens is 1. The van der Waals surface area contributed by atoms with Gasteiger partial charge in [-0.25, -0.2) is 4.98 Å². The number of hydrogen-bond acceptors (Lipinski definition) is 6. The summed E-state index contributed by atoms with van der Waals surface area (Å²) in [6.07, 6.45) is 1.58. The molecule has 0 saturated carbocycles. The predicted octanol–water partition coefficient (Wildman–Crippen LogP) is 2.18. The molecule has 0 unspecified atom stereocenters. The minimum Gasteiger partial charge on any atom is -0.383 e. The quantitative estimate of drug-likeness (QED) is 0.542. The highest BCUT2D eigenvalue weighted by Gasteiger charge is 2.13. The van der Waals surface area contributed by atoms with Crippen molar-refractivity contribution in [2.24, 2.45) is 0 Å². The molecule has 90 valence electrons. The van der Waals surface area contributed by atoms with E-state index in [1.165, 1.54) is 23.5 Å². The third-order valence-electron chi connectivity index (χ3n) is 2.48. The highest BCUT2D eigenvalue weighted by Crippen LogP contribution is 2.33. The fourth-order valence-electron chi connectivity index (χ4n) is 1.61. The van der Waals surface area contributed by atoms with Crippen LogP contribution in [0.15, 0.2) is 24.4 Å². The van der Waals surface area contributed by atoms with E-state index >= 15 is 0 Å². The lowest BCUT2D eigenvalue weighted by molar-refractivity contribution is -0.384. The highest BCUT2D eigenvalue weighted by molar-refractivity contribution is 7.21. The van der Waals surface area contributed by atoms with Crippen LogP contribution in [-0.2, 0) is 0 Å². The number of rotatable bonds is 2. The van der Waals surface area contributed by atoms with Crippen molar-refractivity contribution in [3.8, 4) is 10.6 Å². The van der Waals surface area contributed by atoms with Crippen LogP contribution in [0.1, 0.15) is 0 Å². The monoisotopic (exact) mass is 261 g/mol. The van der Waals surface area contributed by atoms with Crippen LogP contribution in [0.4, 0.5) is 11.5 Å². The van der Waals surface area contributed by atoms with Gasteiger partial charge in [-0.05, 0) is 6.07 Å². The van der Waals surface area contributed by atoms with E-state index in [4.69, 9.17) is 5.73 Å². The highest BCUT2D eigenvalue weighted by atomic mass is 32.1. The molecule has 8 heteroatoms. The van der Waals surface area contributed by atoms with Gasteiger partial charge in [0, 0.05) is 12.1 Å². The summed E-state index contributed by atoms with van der Waals surface area (Å²) in [5, 5.41) is 17.8. The van der Waals surface area contributed by atoms with E-state index in [0.717, 1.165) is 4.70 Å². The largest absolute Gasteiger partial charge is 0.383 e. The van der Waals surface area contributed by atoms with Crippen molar-refractivity contribution in [3.05, 3.63) is 34.5 Å². The van der Waals surface area contributed by atoms with Crippen LogP contribution < -0.4 is 5.73 Å². The minimum atomic E-state index is -0.426. The van der Waals surface area contributed by atoms with E-state index in [0.29, 0.717) is 21.9 Å². The first-order valence-electron chi connectivity index (χ1n) is 4.99. The second kappa shape index (κ2) is 3.77. The number of aromatic nitrogens is 3. The molecule has 0 atom stereocenters. The molecule has 0 aliphatic rings. The smallest absolute Gasteiger partial charge is 0.270 e. The fourth-order valence-corrected chi connectivity index (χ4v) is 2.63. The Hall–Kier alpha value is -2.48. The number of hydrogen-bond donors (Lipinski definition) is 2. The van der Waals surface area contributed by atoms with Gasteiger partial charge in [-0.2, -0.15) is 5.10 Å². The summed E-state index contributed by atoms with van der Waals surface area (Å²) in [5.41, 5.74) is 7.18. The third kappa shape index (κ3) is 1.59. The van der Waals surface area contributed by atoms with Gasteiger partial charge in [-0.15, -0.1) is 11.3 Å². The molecule has 7 nitrogen and oxygen atoms in total. The molecule has 0 amide bonds. The Labute approximate surface area is 104 Å². The number of benzene rings is 1. The number of nitro benzene ring substituents is 1. The van der Waals surface area contributed by atoms with E-state index in [-0.39, 0.29) is 5.69 Å². The van der Waals surface area contributed by atoms with Gasteiger partial charge < -0.3 is 5.73 Å². The molecule has 0 aliphatic carbocycles. The summed E-state index contributed by atoms with van der Waals surface area (Å²) in [7, 11) is 0. The average Bonchev–Trinajstić information content (AvgIpc) is 2.92. The maximum Gasteiger partial charge on any atom is 0.270 e. The van der Waals surface area contributed by atoms with E-state index in [9.17, 15) is 10.1 Å². The number of nitro groups is 1. The number of nitrogen functional groups attached to an aromatic ring is 1. The lowest BCUT2D eigenvalue weighted by atomic mass is 10.3. The van der Waals surface area contributed by atoms with Crippen LogP contribution in [0.5, 0.6) is 0 Å². The summed E-state index contributed by atoms with van der Waals surface area (Å²) in [6.45, 7) is 0. The third-order valence-corrected chi connectivity index (χ3v) is 3.53. The van der Waals surface area contributed by atoms with E-state index < -0.39 is 4.92 Å². The summed E-state index contributed by atoms with van der Waals surface area (Å²) in [6, 6.07) is 4.57. The maximum absolute atomic E-state index is 10.7. The normalized spacial score (nSPS) is 10.9. The Morgan fingerprint density at radius 2 is 2.28 bits per heavy atom. The molecule has 2 aromatic heterocycles. The number of non-ortho nitro benzene ring substituents is 1. The van der Waals surface area contributed by atoms with Gasteiger partial charge in [-0.1, -0.05) is 0 Å². The first-order valence-corrected chi connectivity index (χ1v) is 5.81. The standard InChI is InChI=1S/C10H7N5O2S/c11-9-6(4-12-14-9)10-13-7-2-1-5(15(16)17)3-8(7)18-10/h1-4H,(H3,11,12,14). The Kier molecular flexibility index (Phi) is 2.23. The Bertz CT molecular complexity index is 748. The molecule has 2 heterocycles. The Morgan fingerprint density at radius 3 is 2.94 bits per heavy atom. The average molecular weight is 261 g/mol. The fraction of sp³-hybridized carbons (Fsp3) is 0. The molecule has 0 radical (unpaired) electrons. The summed E-state index contributed by atoms with van der Waals surface area (Å²) >= 11 is 1.35. The predicted molar refractivity (Wildman–Crippen MR) is 68.3 cm³/mol. The molecule has 1 aromatic carbocycles. The molecule has 18 heavy (non-hydrogen) atoms. The zero-order valence-corrected chi connectivity index (χ0v) is 9.77. The molecular weight excluding hydrogens is 254 g/mol. The SMILES string of the molecule is Nc1[nH]ncc1-c1nc2ccc([N+](=O)[O-])cc2s1. The molecule has 0 aliphatic heterocycles. The van der Waals surface area contributed by atoms with Crippen LogP contribution in [0.25, 0.3) is 20.8 Å². The van der Waals surface area contributed by atoms with Crippen molar-refractivity contribution < 1.29 is 4.92 Å². The number of nitrogens with two attached hydrogens (primary N) is 1. The maximum atomic E-state index is 10.7. The van der Waals surface area contributed by atoms with Gasteiger partial charge in [0.1, 0.15) is 10.8 Å². The summed E-state index contributed by atoms with van der Waals surface area (Å²) in [5.74, 6) is 0.434. The lowest BCUT2D eigenvalue weighted by Crippen LogP contribution is -1.86. The summed E-state index contributed by atoms with van der Waals surface area (Å²) < 4.78 is 0.750. The number of aromatic amines is 1. The molecule has 0 bridgehead atoms. The van der Waals surface area contributed by atoms with Crippen molar-refractivity contribution in [1.29, 1.82) is 0 Å². The van der Waals surface area contributed by atoms with Gasteiger partial charge >= 0.3 is 0 Å². The second-order valence-electron chi connectivity index (χ2n) is 3.63. The van der Waals surface area contributed by atoms with Gasteiger partial charge in [0.25, 0.3) is 5.69 Å². The zero-order valence-electron chi connectivity index (χ0n) is 8.95. The molecule has 0 spiro atoms. The van der Waals surface area contributed by atoms with E-state index in [1.54, 1.807) is 12.3 Å². The molecular formula is C10H7N5O2S. The molecule has 3 rings (SSSR count). The van der Waals surface area contributed by atoms with Crippen LogP contribution in [-0.4, -0.2) is 20.1 Å². The summed E-state index contributed by atoms with van der Waals surface area (Å²) in [4.78, 5) is 14.6.